The van der Waals surface area contributed by atoms with Crippen molar-refractivity contribution in [1.82, 2.24) is 15.0 Å². The molecule has 0 fully saturated rings. The van der Waals surface area contributed by atoms with E-state index in [4.69, 9.17) is 16.3 Å². The van der Waals surface area contributed by atoms with Crippen LogP contribution in [0.2, 0.25) is 5.02 Å². The molecular formula is C21H16ClN3O3S2. The van der Waals surface area contributed by atoms with Crippen LogP contribution < -0.4 is 5.56 Å². The summed E-state index contributed by atoms with van der Waals surface area (Å²) >= 11 is 8.61. The summed E-state index contributed by atoms with van der Waals surface area (Å²) in [5.74, 6) is -0.0445. The van der Waals surface area contributed by atoms with E-state index < -0.39 is 5.97 Å². The largest absolute Gasteiger partial charge is 0.462 e. The number of halogens is 1. The van der Waals surface area contributed by atoms with Crippen LogP contribution in [0.1, 0.15) is 33.7 Å². The van der Waals surface area contributed by atoms with Gasteiger partial charge < -0.3 is 9.72 Å². The monoisotopic (exact) mass is 457 g/mol. The Hall–Kier alpha value is -2.81. The fraction of sp³-hybridized carbons (Fsp3) is 0.143. The Morgan fingerprint density at radius 3 is 2.73 bits per heavy atom. The first-order valence-electron chi connectivity index (χ1n) is 9.06. The molecule has 9 heteroatoms. The van der Waals surface area contributed by atoms with Crippen LogP contribution in [0, 0.1) is 6.92 Å². The lowest BCUT2D eigenvalue weighted by Gasteiger charge is -1.98. The van der Waals surface area contributed by atoms with Gasteiger partial charge in [-0.1, -0.05) is 23.7 Å². The second-order valence-corrected chi connectivity index (χ2v) is 8.62. The Morgan fingerprint density at radius 2 is 2.00 bits per heavy atom. The number of nitrogens with zero attached hydrogens (tertiary/aromatic N) is 2. The first-order chi connectivity index (χ1) is 14.5. The van der Waals surface area contributed by atoms with Gasteiger partial charge in [-0.2, -0.15) is 0 Å². The third-order valence-electron chi connectivity index (χ3n) is 4.30. The van der Waals surface area contributed by atoms with Crippen molar-refractivity contribution in [2.24, 2.45) is 0 Å². The maximum absolute atomic E-state index is 12.5. The normalized spacial score (nSPS) is 11.4. The molecule has 3 heterocycles. The molecule has 1 N–H and O–H groups in total. The van der Waals surface area contributed by atoms with E-state index >= 15 is 0 Å². The number of benzene rings is 1. The molecule has 0 saturated heterocycles. The van der Waals surface area contributed by atoms with Crippen LogP contribution in [-0.4, -0.2) is 27.5 Å². The third-order valence-corrected chi connectivity index (χ3v) is 6.63. The van der Waals surface area contributed by atoms with E-state index in [1.54, 1.807) is 26.0 Å². The minimum absolute atomic E-state index is 0.274. The number of carbonyl (C=O) groups excluding carboxylic acids is 1. The number of hydrogen-bond donors (Lipinski definition) is 1. The van der Waals surface area contributed by atoms with Gasteiger partial charge in [0.2, 0.25) is 0 Å². The molecule has 3 aromatic heterocycles. The maximum atomic E-state index is 12.5. The lowest BCUT2D eigenvalue weighted by molar-refractivity contribution is 0.0531. The van der Waals surface area contributed by atoms with Gasteiger partial charge in [0.15, 0.2) is 0 Å². The zero-order valence-corrected chi connectivity index (χ0v) is 18.5. The number of fused-ring (bicyclic) bond motifs is 1. The van der Waals surface area contributed by atoms with Crippen molar-refractivity contribution in [3.05, 3.63) is 67.0 Å². The van der Waals surface area contributed by atoms with Crippen LogP contribution >= 0.6 is 34.3 Å². The average molecular weight is 458 g/mol. The highest BCUT2D eigenvalue weighted by Gasteiger charge is 2.19. The Balaban J connectivity index is 1.62. The Bertz CT molecular complexity index is 1320. The summed E-state index contributed by atoms with van der Waals surface area (Å²) < 4.78 is 5.06. The lowest BCUT2D eigenvalue weighted by atomic mass is 10.2. The number of aryl methyl sites for hydroxylation is 1. The zero-order valence-electron chi connectivity index (χ0n) is 16.1. The quantitative estimate of drug-likeness (QED) is 0.404. The standard InChI is InChI=1S/C21H16ClN3O3S2/c1-3-28-21(27)17-11(2)16-18(26)24-15(25-20(16)30-17)9-8-14-10-29-19(23-14)12-4-6-13(22)7-5-12/h4-10H,3H2,1-2H3,(H,24,25,26)/b9-8+. The van der Waals surface area contributed by atoms with Gasteiger partial charge in [-0.25, -0.2) is 14.8 Å². The number of aromatic nitrogens is 3. The van der Waals surface area contributed by atoms with Gasteiger partial charge in [0.05, 0.1) is 17.7 Å². The van der Waals surface area contributed by atoms with Crippen molar-refractivity contribution in [2.45, 2.75) is 13.8 Å². The number of H-pyrrole nitrogens is 1. The van der Waals surface area contributed by atoms with E-state index in [2.05, 4.69) is 15.0 Å². The minimum atomic E-state index is -0.438. The second-order valence-electron chi connectivity index (χ2n) is 6.33. The van der Waals surface area contributed by atoms with E-state index in [0.29, 0.717) is 31.5 Å². The highest BCUT2D eigenvalue weighted by molar-refractivity contribution is 7.20. The summed E-state index contributed by atoms with van der Waals surface area (Å²) in [5.41, 5.74) is 2.04. The van der Waals surface area contributed by atoms with Gasteiger partial charge in [0.1, 0.15) is 20.5 Å². The summed E-state index contributed by atoms with van der Waals surface area (Å²) in [6.45, 7) is 3.74. The number of nitrogens with one attached hydrogen (secondary N) is 1. The molecule has 0 saturated carbocycles. The molecule has 0 aliphatic rings. The van der Waals surface area contributed by atoms with Gasteiger partial charge >= 0.3 is 5.97 Å². The topological polar surface area (TPSA) is 84.9 Å². The molecule has 0 radical (unpaired) electrons. The number of rotatable bonds is 5. The molecule has 0 amide bonds. The molecule has 6 nitrogen and oxygen atoms in total. The van der Waals surface area contributed by atoms with Gasteiger partial charge in [-0.05, 0) is 43.7 Å². The summed E-state index contributed by atoms with van der Waals surface area (Å²) in [7, 11) is 0. The van der Waals surface area contributed by atoms with Gasteiger partial charge in [0.25, 0.3) is 5.56 Å². The lowest BCUT2D eigenvalue weighted by Crippen LogP contribution is -2.10. The van der Waals surface area contributed by atoms with Crippen molar-refractivity contribution in [3.8, 4) is 10.6 Å². The van der Waals surface area contributed by atoms with Crippen LogP contribution in [0.25, 0.3) is 32.9 Å². The number of esters is 1. The number of thiophene rings is 1. The molecular weight excluding hydrogens is 442 g/mol. The average Bonchev–Trinajstić information content (AvgIpc) is 3.32. The summed E-state index contributed by atoms with van der Waals surface area (Å²) in [6, 6.07) is 7.49. The van der Waals surface area contributed by atoms with Gasteiger partial charge in [0, 0.05) is 16.0 Å². The van der Waals surface area contributed by atoms with E-state index in [1.165, 1.54) is 11.3 Å². The summed E-state index contributed by atoms with van der Waals surface area (Å²) in [6.07, 6.45) is 3.48. The molecule has 0 aliphatic carbocycles. The summed E-state index contributed by atoms with van der Waals surface area (Å²) in [5, 5.41) is 3.89. The van der Waals surface area contributed by atoms with E-state index in [1.807, 2.05) is 29.6 Å². The van der Waals surface area contributed by atoms with E-state index in [9.17, 15) is 9.59 Å². The highest BCUT2D eigenvalue weighted by atomic mass is 35.5. The van der Waals surface area contributed by atoms with Crippen molar-refractivity contribution in [1.29, 1.82) is 0 Å². The molecule has 0 bridgehead atoms. The first-order valence-corrected chi connectivity index (χ1v) is 11.1. The minimum Gasteiger partial charge on any atom is -0.462 e. The molecule has 0 unspecified atom stereocenters. The fourth-order valence-corrected chi connectivity index (χ4v) is 4.89. The van der Waals surface area contributed by atoms with Crippen molar-refractivity contribution >= 4 is 62.6 Å². The van der Waals surface area contributed by atoms with Crippen molar-refractivity contribution in [2.75, 3.05) is 6.61 Å². The number of carbonyl (C=O) groups is 1. The van der Waals surface area contributed by atoms with Gasteiger partial charge in [-0.15, -0.1) is 22.7 Å². The molecule has 0 aliphatic heterocycles. The molecule has 30 heavy (non-hydrogen) atoms. The van der Waals surface area contributed by atoms with Crippen LogP contribution in [0.5, 0.6) is 0 Å². The number of ether oxygens (including phenoxy) is 1. The fourth-order valence-electron chi connectivity index (χ4n) is 2.88. The summed E-state index contributed by atoms with van der Waals surface area (Å²) in [4.78, 5) is 37.4. The van der Waals surface area contributed by atoms with Crippen LogP contribution in [-0.2, 0) is 4.74 Å². The number of hydrogen-bond acceptors (Lipinski definition) is 7. The SMILES string of the molecule is CCOC(=O)c1sc2nc(/C=C/c3csc(-c4ccc(Cl)cc4)n3)[nH]c(=O)c2c1C. The van der Waals surface area contributed by atoms with Crippen molar-refractivity contribution < 1.29 is 9.53 Å². The highest BCUT2D eigenvalue weighted by Crippen LogP contribution is 2.28. The zero-order chi connectivity index (χ0) is 21.3. The first kappa shape index (κ1) is 20.5. The number of aromatic amines is 1. The Labute approximate surface area is 184 Å². The predicted molar refractivity (Wildman–Crippen MR) is 122 cm³/mol. The molecule has 4 rings (SSSR count). The second kappa shape index (κ2) is 8.51. The molecule has 4 aromatic rings. The Morgan fingerprint density at radius 1 is 1.23 bits per heavy atom. The predicted octanol–water partition coefficient (Wildman–Crippen LogP) is 5.42. The Kier molecular flexibility index (Phi) is 5.80. The smallest absolute Gasteiger partial charge is 0.348 e. The van der Waals surface area contributed by atoms with Crippen LogP contribution in [0.3, 0.4) is 0 Å². The molecule has 0 spiro atoms. The van der Waals surface area contributed by atoms with Gasteiger partial charge in [-0.3, -0.25) is 4.79 Å². The maximum Gasteiger partial charge on any atom is 0.348 e. The van der Waals surface area contributed by atoms with E-state index in [-0.39, 0.29) is 12.2 Å². The third kappa shape index (κ3) is 4.07. The number of thiazole rings is 1. The molecule has 1 aromatic carbocycles. The van der Waals surface area contributed by atoms with Crippen LogP contribution in [0.15, 0.2) is 34.4 Å². The van der Waals surface area contributed by atoms with Crippen LogP contribution in [0.4, 0.5) is 0 Å². The van der Waals surface area contributed by atoms with Crippen molar-refractivity contribution in [3.63, 3.8) is 0 Å². The van der Waals surface area contributed by atoms with E-state index in [0.717, 1.165) is 27.6 Å². The molecule has 152 valence electrons. The molecule has 0 atom stereocenters.